The third-order valence-electron chi connectivity index (χ3n) is 4.56. The van der Waals surface area contributed by atoms with E-state index in [2.05, 4.69) is 9.62 Å². The highest BCUT2D eigenvalue weighted by atomic mass is 32.2. The summed E-state index contributed by atoms with van der Waals surface area (Å²) in [6.45, 7) is 2.29. The summed E-state index contributed by atoms with van der Waals surface area (Å²) in [4.78, 5) is 2.36. The first-order valence-corrected chi connectivity index (χ1v) is 10.9. The molecule has 3 rings (SSSR count). The number of para-hydroxylation sites is 1. The van der Waals surface area contributed by atoms with E-state index in [1.54, 1.807) is 24.6 Å². The van der Waals surface area contributed by atoms with Crippen LogP contribution in [0.2, 0.25) is 0 Å². The lowest BCUT2D eigenvalue weighted by atomic mass is 10.0. The fourth-order valence-electron chi connectivity index (χ4n) is 3.28. The Morgan fingerprint density at radius 1 is 1.16 bits per heavy atom. The van der Waals surface area contributed by atoms with Crippen LogP contribution < -0.4 is 9.46 Å². The van der Waals surface area contributed by atoms with E-state index in [-0.39, 0.29) is 6.04 Å². The Labute approximate surface area is 153 Å². The zero-order chi connectivity index (χ0) is 17.7. The number of benzene rings is 1. The molecule has 7 heteroatoms. The minimum absolute atomic E-state index is 0.0359. The van der Waals surface area contributed by atoms with Crippen LogP contribution >= 0.6 is 11.3 Å². The molecule has 5 nitrogen and oxygen atoms in total. The fourth-order valence-corrected chi connectivity index (χ4v) is 5.36. The molecule has 0 saturated carbocycles. The van der Waals surface area contributed by atoms with Gasteiger partial charge in [0, 0.05) is 12.1 Å². The van der Waals surface area contributed by atoms with Gasteiger partial charge in [0.15, 0.2) is 0 Å². The van der Waals surface area contributed by atoms with Crippen molar-refractivity contribution >= 4 is 21.4 Å². The van der Waals surface area contributed by atoms with Crippen LogP contribution in [-0.2, 0) is 10.0 Å². The molecular weight excluding hydrogens is 356 g/mol. The second-order valence-corrected chi connectivity index (χ2v) is 9.08. The summed E-state index contributed by atoms with van der Waals surface area (Å²) >= 11 is 1.23. The van der Waals surface area contributed by atoms with Gasteiger partial charge in [-0.3, -0.25) is 4.90 Å². The second-order valence-electron chi connectivity index (χ2n) is 6.14. The molecule has 1 aromatic carbocycles. The molecule has 2 heterocycles. The van der Waals surface area contributed by atoms with Gasteiger partial charge in [-0.25, -0.2) is 13.1 Å². The number of thiophene rings is 1. The molecule has 1 saturated heterocycles. The summed E-state index contributed by atoms with van der Waals surface area (Å²) in [7, 11) is -1.82. The zero-order valence-corrected chi connectivity index (χ0v) is 16.0. The largest absolute Gasteiger partial charge is 0.496 e. The van der Waals surface area contributed by atoms with E-state index < -0.39 is 10.0 Å². The maximum Gasteiger partial charge on any atom is 0.250 e. The fraction of sp³-hybridized carbons (Fsp3) is 0.444. The van der Waals surface area contributed by atoms with Crippen LogP contribution in [0.25, 0.3) is 0 Å². The van der Waals surface area contributed by atoms with Gasteiger partial charge in [-0.2, -0.15) is 0 Å². The molecule has 1 fully saturated rings. The smallest absolute Gasteiger partial charge is 0.250 e. The van der Waals surface area contributed by atoms with Gasteiger partial charge < -0.3 is 4.74 Å². The number of ether oxygens (including phenoxy) is 1. The van der Waals surface area contributed by atoms with Gasteiger partial charge >= 0.3 is 0 Å². The molecule has 1 aliphatic heterocycles. The topological polar surface area (TPSA) is 58.6 Å². The van der Waals surface area contributed by atoms with E-state index in [0.717, 1.165) is 37.2 Å². The molecule has 1 N–H and O–H groups in total. The number of methoxy groups -OCH3 is 1. The maximum absolute atomic E-state index is 12.5. The van der Waals surface area contributed by atoms with E-state index >= 15 is 0 Å². The molecule has 0 amide bonds. The third-order valence-corrected chi connectivity index (χ3v) is 7.38. The molecule has 25 heavy (non-hydrogen) atoms. The Balaban J connectivity index is 1.84. The van der Waals surface area contributed by atoms with E-state index in [0.29, 0.717) is 10.8 Å². The number of hydrogen-bond acceptors (Lipinski definition) is 5. The molecule has 2 aromatic rings. The summed E-state index contributed by atoms with van der Waals surface area (Å²) in [5, 5.41) is 1.77. The summed E-state index contributed by atoms with van der Waals surface area (Å²) in [6.07, 6.45) is 3.52. The van der Waals surface area contributed by atoms with Crippen molar-refractivity contribution < 1.29 is 13.2 Å². The van der Waals surface area contributed by atoms with Crippen molar-refractivity contribution in [1.29, 1.82) is 0 Å². The molecule has 0 spiro atoms. The first kappa shape index (κ1) is 18.4. The molecule has 1 unspecified atom stereocenters. The summed E-state index contributed by atoms with van der Waals surface area (Å²) in [5.41, 5.74) is 1.03. The predicted molar refractivity (Wildman–Crippen MR) is 101 cm³/mol. The van der Waals surface area contributed by atoms with Crippen molar-refractivity contribution in [3.63, 3.8) is 0 Å². The van der Waals surface area contributed by atoms with Gasteiger partial charge in [0.1, 0.15) is 9.96 Å². The average molecular weight is 381 g/mol. The van der Waals surface area contributed by atoms with Crippen LogP contribution in [0.5, 0.6) is 5.75 Å². The lowest BCUT2D eigenvalue weighted by Gasteiger charge is -2.35. The van der Waals surface area contributed by atoms with Crippen LogP contribution in [0.4, 0.5) is 0 Å². The molecule has 1 aromatic heterocycles. The number of piperidine rings is 1. The van der Waals surface area contributed by atoms with Crippen molar-refractivity contribution in [3.8, 4) is 5.75 Å². The lowest BCUT2D eigenvalue weighted by molar-refractivity contribution is 0.162. The highest BCUT2D eigenvalue weighted by Gasteiger charge is 2.27. The van der Waals surface area contributed by atoms with Gasteiger partial charge in [-0.05, 0) is 43.4 Å². The molecule has 0 radical (unpaired) electrons. The second kappa shape index (κ2) is 8.31. The highest BCUT2D eigenvalue weighted by Crippen LogP contribution is 2.31. The molecule has 1 atom stereocenters. The van der Waals surface area contributed by atoms with Crippen LogP contribution in [0.15, 0.2) is 46.0 Å². The van der Waals surface area contributed by atoms with Crippen LogP contribution in [-0.4, -0.2) is 40.1 Å². The predicted octanol–water partition coefficient (Wildman–Crippen LogP) is 3.26. The monoisotopic (exact) mass is 380 g/mol. The first-order valence-electron chi connectivity index (χ1n) is 8.52. The standard InChI is InChI=1S/C18H24N2O3S2/c1-23-17-9-4-3-8-15(17)16(20-11-5-2-6-12-20)14-19-25(21,22)18-10-7-13-24-18/h3-4,7-10,13,16,19H,2,5-6,11-12,14H2,1H3. The zero-order valence-electron chi connectivity index (χ0n) is 14.3. The van der Waals surface area contributed by atoms with E-state index in [4.69, 9.17) is 4.74 Å². The number of nitrogens with zero attached hydrogens (tertiary/aromatic N) is 1. The molecule has 0 aliphatic carbocycles. The Bertz CT molecular complexity index is 769. The Kier molecular flexibility index (Phi) is 6.11. The number of nitrogens with one attached hydrogen (secondary N) is 1. The van der Waals surface area contributed by atoms with E-state index in [1.165, 1.54) is 17.8 Å². The quantitative estimate of drug-likeness (QED) is 0.801. The minimum atomic E-state index is -3.48. The maximum atomic E-state index is 12.5. The number of hydrogen-bond donors (Lipinski definition) is 1. The van der Waals surface area contributed by atoms with Crippen molar-refractivity contribution in [2.75, 3.05) is 26.7 Å². The average Bonchev–Trinajstić information content (AvgIpc) is 3.19. The van der Waals surface area contributed by atoms with Gasteiger partial charge in [0.2, 0.25) is 10.0 Å². The Morgan fingerprint density at radius 2 is 1.92 bits per heavy atom. The normalized spacial score (nSPS) is 17.3. The summed E-state index contributed by atoms with van der Waals surface area (Å²) in [5.74, 6) is 0.799. The highest BCUT2D eigenvalue weighted by molar-refractivity contribution is 7.91. The summed E-state index contributed by atoms with van der Waals surface area (Å²) < 4.78 is 33.7. The van der Waals surface area contributed by atoms with Crippen LogP contribution in [0, 0.1) is 0 Å². The van der Waals surface area contributed by atoms with Crippen molar-refractivity contribution in [2.45, 2.75) is 29.5 Å². The SMILES string of the molecule is COc1ccccc1C(CNS(=O)(=O)c1cccs1)N1CCCCC1. The van der Waals surface area contributed by atoms with Gasteiger partial charge in [-0.1, -0.05) is 30.7 Å². The Morgan fingerprint density at radius 3 is 2.60 bits per heavy atom. The minimum Gasteiger partial charge on any atom is -0.496 e. The lowest BCUT2D eigenvalue weighted by Crippen LogP contribution is -2.40. The third kappa shape index (κ3) is 4.41. The number of sulfonamides is 1. The van der Waals surface area contributed by atoms with Gasteiger partial charge in [-0.15, -0.1) is 11.3 Å². The summed E-state index contributed by atoms with van der Waals surface area (Å²) in [6, 6.07) is 11.2. The van der Waals surface area contributed by atoms with Crippen molar-refractivity contribution in [3.05, 3.63) is 47.3 Å². The first-order chi connectivity index (χ1) is 12.1. The van der Waals surface area contributed by atoms with E-state index in [1.807, 2.05) is 24.3 Å². The van der Waals surface area contributed by atoms with Crippen LogP contribution in [0.1, 0.15) is 30.9 Å². The molecule has 1 aliphatic rings. The Hall–Kier alpha value is -1.41. The van der Waals surface area contributed by atoms with E-state index in [9.17, 15) is 8.42 Å². The molecule has 136 valence electrons. The van der Waals surface area contributed by atoms with Gasteiger partial charge in [0.25, 0.3) is 0 Å². The van der Waals surface area contributed by atoms with Crippen molar-refractivity contribution in [2.24, 2.45) is 0 Å². The number of rotatable bonds is 7. The molecule has 0 bridgehead atoms. The van der Waals surface area contributed by atoms with Crippen LogP contribution in [0.3, 0.4) is 0 Å². The van der Waals surface area contributed by atoms with Crippen molar-refractivity contribution in [1.82, 2.24) is 9.62 Å². The molecular formula is C18H24N2O3S2. The number of likely N-dealkylation sites (tertiary alicyclic amines) is 1. The van der Waals surface area contributed by atoms with Gasteiger partial charge in [0.05, 0.1) is 13.2 Å².